The number of nitrogens with zero attached hydrogens (tertiary/aromatic N) is 1. The molecule has 0 aliphatic rings. The maximum absolute atomic E-state index is 12.7. The summed E-state index contributed by atoms with van der Waals surface area (Å²) in [4.78, 5) is 0.104. The van der Waals surface area contributed by atoms with Gasteiger partial charge in [0.1, 0.15) is 0 Å². The molecule has 2 aromatic rings. The van der Waals surface area contributed by atoms with Gasteiger partial charge in [0.15, 0.2) is 11.0 Å². The minimum Gasteiger partial charge on any atom is -0.290 e. The molecule has 3 unspecified atom stereocenters. The number of alkyl halides is 4. The second kappa shape index (κ2) is 13.3. The van der Waals surface area contributed by atoms with Gasteiger partial charge in [0.05, 0.1) is 16.8 Å². The van der Waals surface area contributed by atoms with Crippen molar-refractivity contribution in [1.29, 1.82) is 0 Å². The van der Waals surface area contributed by atoms with Crippen LogP contribution in [-0.4, -0.2) is 18.8 Å². The fraction of sp³-hybridized carbons (Fsp3) is 0.625. The van der Waals surface area contributed by atoms with Gasteiger partial charge in [-0.25, -0.2) is 4.21 Å². The van der Waals surface area contributed by atoms with Crippen molar-refractivity contribution in [3.63, 3.8) is 0 Å². The van der Waals surface area contributed by atoms with Gasteiger partial charge in [0, 0.05) is 5.88 Å². The summed E-state index contributed by atoms with van der Waals surface area (Å²) in [6.07, 6.45) is 1.83. The third-order valence-electron chi connectivity index (χ3n) is 8.54. The Labute approximate surface area is 257 Å². The van der Waals surface area contributed by atoms with Crippen molar-refractivity contribution in [2.75, 3.05) is 0 Å². The molecule has 0 saturated carbocycles. The smallest absolute Gasteiger partial charge is 0.290 e. The summed E-state index contributed by atoms with van der Waals surface area (Å²) in [6, 6.07) is 15.4. The normalized spacial score (nSPS) is 16.1. The van der Waals surface area contributed by atoms with Crippen LogP contribution in [0.25, 0.3) is 0 Å². The molecule has 3 nitrogen and oxygen atoms in total. The molecule has 0 aromatic heterocycles. The molecular weight excluding hydrogens is 587 g/mol. The third-order valence-corrected chi connectivity index (χ3v) is 10.8. The first-order chi connectivity index (χ1) is 18.5. The molecule has 3 atom stereocenters. The first-order valence-electron chi connectivity index (χ1n) is 13.9. The van der Waals surface area contributed by atoms with E-state index in [1.807, 2.05) is 12.1 Å². The monoisotopic (exact) mass is 633 g/mol. The zero-order valence-corrected chi connectivity index (χ0v) is 28.4. The Bertz CT molecular complexity index is 1150. The Morgan fingerprint density at radius 1 is 0.805 bits per heavy atom. The molecule has 1 N–H and O–H groups in total. The van der Waals surface area contributed by atoms with Crippen LogP contribution in [0.5, 0.6) is 0 Å². The summed E-state index contributed by atoms with van der Waals surface area (Å²) in [7, 11) is -2.37. The Morgan fingerprint density at radius 3 is 1.68 bits per heavy atom. The first-order valence-corrected chi connectivity index (χ1v) is 16.3. The van der Waals surface area contributed by atoms with E-state index in [2.05, 4.69) is 93.5 Å². The molecule has 2 rings (SSSR count). The van der Waals surface area contributed by atoms with Crippen LogP contribution >= 0.6 is 23.5 Å². The summed E-state index contributed by atoms with van der Waals surface area (Å²) in [6.45, 7) is 22.7. The highest BCUT2D eigenvalue weighted by molar-refractivity contribution is 8.06. The minimum absolute atomic E-state index is 0.00553. The van der Waals surface area contributed by atoms with Crippen LogP contribution in [0.15, 0.2) is 53.4 Å². The largest absolute Gasteiger partial charge is 0.459 e. The first kappa shape index (κ1) is 36.1. The summed E-state index contributed by atoms with van der Waals surface area (Å²) < 4.78 is 50.3. The van der Waals surface area contributed by atoms with Crippen LogP contribution in [0.1, 0.15) is 111 Å². The number of hydrogen-bond acceptors (Lipinski definition) is 3. The molecule has 0 radical (unpaired) electrons. The maximum atomic E-state index is 12.7. The molecule has 2 aromatic carbocycles. The van der Waals surface area contributed by atoms with Crippen molar-refractivity contribution in [3.8, 4) is 0 Å². The van der Waals surface area contributed by atoms with Crippen molar-refractivity contribution in [3.05, 3.63) is 65.2 Å². The topological polar surface area (TPSA) is 40.5 Å². The molecule has 0 saturated heterocycles. The predicted octanol–water partition coefficient (Wildman–Crippen LogP) is 11.1. The standard InChI is InChI=1S/C32H47ClF3NO2S2/c1-28(2,3)19-27(24-15-17-25(18-16-24)41(39)37(38)40-32(34,35)36)31(9,10)30(7,8)20-26(29(4,5)6)23-13-11-22(21-33)12-14-23/h11-18,26-27,38H,19-21H2,1-10H3. The van der Waals surface area contributed by atoms with Gasteiger partial charge < -0.3 is 0 Å². The van der Waals surface area contributed by atoms with Gasteiger partial charge in [-0.1, -0.05) is 106 Å². The third kappa shape index (κ3) is 9.99. The van der Waals surface area contributed by atoms with E-state index in [0.717, 1.165) is 24.0 Å². The number of halogens is 4. The van der Waals surface area contributed by atoms with Crippen LogP contribution in [0.2, 0.25) is 0 Å². The molecular formula is C32H47ClF3NO2S2. The van der Waals surface area contributed by atoms with Gasteiger partial charge in [-0.2, -0.15) is 13.2 Å². The van der Waals surface area contributed by atoms with Crippen molar-refractivity contribution < 1.29 is 22.6 Å². The van der Waals surface area contributed by atoms with Crippen molar-refractivity contribution >= 4 is 34.5 Å². The number of rotatable bonds is 11. The van der Waals surface area contributed by atoms with E-state index in [9.17, 15) is 22.6 Å². The van der Waals surface area contributed by atoms with Gasteiger partial charge in [-0.15, -0.1) is 11.6 Å². The zero-order valence-electron chi connectivity index (χ0n) is 26.0. The van der Waals surface area contributed by atoms with E-state index in [0.29, 0.717) is 11.8 Å². The van der Waals surface area contributed by atoms with Crippen LogP contribution < -0.4 is 0 Å². The average molecular weight is 634 g/mol. The fourth-order valence-corrected chi connectivity index (χ4v) is 7.13. The fourth-order valence-electron chi connectivity index (χ4n) is 5.44. The maximum Gasteiger partial charge on any atom is 0.459 e. The molecule has 232 valence electrons. The second-order valence-electron chi connectivity index (χ2n) is 14.5. The predicted molar refractivity (Wildman–Crippen MR) is 167 cm³/mol. The van der Waals surface area contributed by atoms with Gasteiger partial charge in [-0.3, -0.25) is 5.21 Å². The second-order valence-corrected chi connectivity index (χ2v) is 17.3. The van der Waals surface area contributed by atoms with Crippen LogP contribution in [-0.2, 0) is 16.9 Å². The molecule has 41 heavy (non-hydrogen) atoms. The Morgan fingerprint density at radius 2 is 1.27 bits per heavy atom. The van der Waals surface area contributed by atoms with E-state index >= 15 is 0 Å². The Balaban J connectivity index is 2.47. The van der Waals surface area contributed by atoms with Crippen molar-refractivity contribution in [1.82, 2.24) is 3.87 Å². The van der Waals surface area contributed by atoms with E-state index in [1.54, 1.807) is 12.1 Å². The van der Waals surface area contributed by atoms with E-state index in [-0.39, 0.29) is 36.3 Å². The summed E-state index contributed by atoms with van der Waals surface area (Å²) in [5.74, 6) is 0.883. The highest BCUT2D eigenvalue weighted by Gasteiger charge is 2.47. The Kier molecular flexibility index (Phi) is 11.7. The highest BCUT2D eigenvalue weighted by atomic mass is 35.5. The molecule has 0 spiro atoms. The van der Waals surface area contributed by atoms with Gasteiger partial charge in [0.25, 0.3) is 0 Å². The SMILES string of the molecule is CC(C)(C)CC(c1ccc(S(=O)N(O)SC(F)(F)F)cc1)C(C)(C)C(C)(C)CC(c1ccc(CCl)cc1)C(C)(C)C. The minimum atomic E-state index is -4.74. The molecule has 0 amide bonds. The number of benzene rings is 2. The van der Waals surface area contributed by atoms with Crippen molar-refractivity contribution in [2.24, 2.45) is 21.7 Å². The van der Waals surface area contributed by atoms with Crippen LogP contribution in [0.4, 0.5) is 13.2 Å². The molecule has 0 aliphatic carbocycles. The number of hydrogen-bond donors (Lipinski definition) is 1. The zero-order chi connectivity index (χ0) is 31.6. The molecule has 0 bridgehead atoms. The molecule has 9 heteroatoms. The lowest BCUT2D eigenvalue weighted by Crippen LogP contribution is -2.41. The van der Waals surface area contributed by atoms with Gasteiger partial charge >= 0.3 is 5.51 Å². The van der Waals surface area contributed by atoms with Gasteiger partial charge in [0.2, 0.25) is 0 Å². The van der Waals surface area contributed by atoms with Crippen LogP contribution in [0.3, 0.4) is 0 Å². The molecule has 0 heterocycles. The molecule has 0 fully saturated rings. The van der Waals surface area contributed by atoms with E-state index < -0.39 is 28.4 Å². The van der Waals surface area contributed by atoms with Crippen LogP contribution in [0, 0.1) is 21.7 Å². The summed E-state index contributed by atoms with van der Waals surface area (Å²) in [5, 5.41) is 9.72. The van der Waals surface area contributed by atoms with E-state index in [4.69, 9.17) is 11.6 Å². The summed E-state index contributed by atoms with van der Waals surface area (Å²) >= 11 is 5.23. The van der Waals surface area contributed by atoms with Gasteiger partial charge in [-0.05, 0) is 79.0 Å². The summed E-state index contributed by atoms with van der Waals surface area (Å²) in [5.41, 5.74) is -1.62. The lowest BCUT2D eigenvalue weighted by atomic mass is 9.53. The Hall–Kier alpha value is -1.06. The quantitative estimate of drug-likeness (QED) is 0.152. The lowest BCUT2D eigenvalue weighted by molar-refractivity contribution is -0.0421. The van der Waals surface area contributed by atoms with Crippen molar-refractivity contribution in [2.45, 2.75) is 110 Å². The average Bonchev–Trinajstić information content (AvgIpc) is 2.83. The molecule has 0 aliphatic heterocycles. The van der Waals surface area contributed by atoms with E-state index in [1.165, 1.54) is 5.56 Å². The highest BCUT2D eigenvalue weighted by Crippen LogP contribution is 2.57. The lowest BCUT2D eigenvalue weighted by Gasteiger charge is -2.51.